The Hall–Kier alpha value is -0.820. The first-order chi connectivity index (χ1) is 6.78. The molecule has 1 nitrogen and oxygen atoms in total. The highest BCUT2D eigenvalue weighted by molar-refractivity contribution is 5.33. The van der Waals surface area contributed by atoms with E-state index < -0.39 is 0 Å². The molecule has 0 saturated heterocycles. The third kappa shape index (κ3) is 1.46. The minimum atomic E-state index is 0.269. The molecule has 0 aliphatic heterocycles. The number of hydrogen-bond acceptors (Lipinski definition) is 1. The van der Waals surface area contributed by atoms with Crippen LogP contribution in [-0.2, 0) is 5.54 Å². The summed E-state index contributed by atoms with van der Waals surface area (Å²) in [6.45, 7) is 2.22. The van der Waals surface area contributed by atoms with E-state index in [0.29, 0.717) is 0 Å². The van der Waals surface area contributed by atoms with Gasteiger partial charge < -0.3 is 5.32 Å². The van der Waals surface area contributed by atoms with Gasteiger partial charge >= 0.3 is 0 Å². The van der Waals surface area contributed by atoms with Gasteiger partial charge in [-0.05, 0) is 37.9 Å². The van der Waals surface area contributed by atoms with Gasteiger partial charge in [-0.2, -0.15) is 0 Å². The molecular weight excluding hydrogens is 170 g/mol. The van der Waals surface area contributed by atoms with Crippen LogP contribution < -0.4 is 5.32 Å². The van der Waals surface area contributed by atoms with E-state index >= 15 is 0 Å². The van der Waals surface area contributed by atoms with Crippen LogP contribution in [0.1, 0.15) is 36.8 Å². The Bertz CT molecular complexity index is 311. The number of rotatable bonds is 2. The van der Waals surface area contributed by atoms with E-state index in [1.165, 1.54) is 36.8 Å². The molecule has 0 radical (unpaired) electrons. The lowest BCUT2D eigenvalue weighted by molar-refractivity contribution is 0.371. The fourth-order valence-corrected chi connectivity index (χ4v) is 2.74. The highest BCUT2D eigenvalue weighted by Crippen LogP contribution is 2.39. The van der Waals surface area contributed by atoms with Crippen LogP contribution in [0.4, 0.5) is 0 Å². The summed E-state index contributed by atoms with van der Waals surface area (Å²) in [6, 6.07) is 8.76. The van der Waals surface area contributed by atoms with Crippen LogP contribution in [0.3, 0.4) is 0 Å². The molecule has 1 aliphatic rings. The normalized spacial score (nSPS) is 19.9. The van der Waals surface area contributed by atoms with Crippen LogP contribution >= 0.6 is 0 Å². The van der Waals surface area contributed by atoms with Crippen LogP contribution in [0.2, 0.25) is 0 Å². The first-order valence-electron chi connectivity index (χ1n) is 5.53. The molecule has 1 saturated carbocycles. The van der Waals surface area contributed by atoms with Gasteiger partial charge in [0.2, 0.25) is 0 Å². The Morgan fingerprint density at radius 3 is 2.36 bits per heavy atom. The summed E-state index contributed by atoms with van der Waals surface area (Å²) >= 11 is 0. The highest BCUT2D eigenvalue weighted by atomic mass is 14.9. The standard InChI is InChI=1S/C13H19N/c1-11-7-3-4-8-12(11)13(14-2)9-5-6-10-13/h3-4,7-8,14H,5-6,9-10H2,1-2H3. The van der Waals surface area contributed by atoms with Crippen molar-refractivity contribution in [2.75, 3.05) is 7.05 Å². The Kier molecular flexibility index (Phi) is 2.60. The minimum Gasteiger partial charge on any atom is -0.310 e. The molecule has 0 spiro atoms. The summed E-state index contributed by atoms with van der Waals surface area (Å²) < 4.78 is 0. The highest BCUT2D eigenvalue weighted by Gasteiger charge is 2.34. The second-order valence-corrected chi connectivity index (χ2v) is 4.35. The van der Waals surface area contributed by atoms with Crippen LogP contribution in [-0.4, -0.2) is 7.05 Å². The van der Waals surface area contributed by atoms with Gasteiger partial charge in [0.1, 0.15) is 0 Å². The average Bonchev–Trinajstić information content (AvgIpc) is 2.68. The molecule has 0 aromatic heterocycles. The molecule has 1 N–H and O–H groups in total. The Morgan fingerprint density at radius 1 is 1.14 bits per heavy atom. The lowest BCUT2D eigenvalue weighted by Gasteiger charge is -2.30. The predicted octanol–water partition coefficient (Wildman–Crippen LogP) is 2.98. The van der Waals surface area contributed by atoms with Crippen molar-refractivity contribution in [3.05, 3.63) is 35.4 Å². The van der Waals surface area contributed by atoms with Gasteiger partial charge in [0.05, 0.1) is 0 Å². The third-order valence-corrected chi connectivity index (χ3v) is 3.60. The summed E-state index contributed by atoms with van der Waals surface area (Å²) in [5.74, 6) is 0. The monoisotopic (exact) mass is 189 g/mol. The molecule has 0 bridgehead atoms. The van der Waals surface area contributed by atoms with E-state index in [2.05, 4.69) is 43.6 Å². The lowest BCUT2D eigenvalue weighted by Crippen LogP contribution is -2.37. The largest absolute Gasteiger partial charge is 0.310 e. The van der Waals surface area contributed by atoms with E-state index in [1.54, 1.807) is 0 Å². The molecule has 2 rings (SSSR count). The number of benzene rings is 1. The second kappa shape index (κ2) is 3.74. The van der Waals surface area contributed by atoms with Gasteiger partial charge in [-0.25, -0.2) is 0 Å². The molecule has 0 heterocycles. The number of nitrogens with one attached hydrogen (secondary N) is 1. The molecular formula is C13H19N. The molecule has 1 aromatic rings. The lowest BCUT2D eigenvalue weighted by atomic mass is 9.85. The molecule has 76 valence electrons. The van der Waals surface area contributed by atoms with E-state index in [-0.39, 0.29) is 5.54 Å². The van der Waals surface area contributed by atoms with Gasteiger partial charge in [-0.1, -0.05) is 37.1 Å². The van der Waals surface area contributed by atoms with Gasteiger partial charge in [0, 0.05) is 5.54 Å². The zero-order chi connectivity index (χ0) is 10.0. The summed E-state index contributed by atoms with van der Waals surface area (Å²) in [5, 5.41) is 3.53. The minimum absolute atomic E-state index is 0.269. The van der Waals surface area contributed by atoms with E-state index in [9.17, 15) is 0 Å². The van der Waals surface area contributed by atoms with Crippen molar-refractivity contribution in [2.45, 2.75) is 38.1 Å². The van der Waals surface area contributed by atoms with Crippen molar-refractivity contribution >= 4 is 0 Å². The zero-order valence-electron chi connectivity index (χ0n) is 9.14. The Balaban J connectivity index is 2.41. The van der Waals surface area contributed by atoms with Crippen molar-refractivity contribution in [2.24, 2.45) is 0 Å². The maximum atomic E-state index is 3.53. The molecule has 14 heavy (non-hydrogen) atoms. The molecule has 1 heteroatoms. The summed E-state index contributed by atoms with van der Waals surface area (Å²) in [7, 11) is 2.10. The number of hydrogen-bond donors (Lipinski definition) is 1. The molecule has 0 amide bonds. The maximum Gasteiger partial charge on any atom is 0.0434 e. The van der Waals surface area contributed by atoms with E-state index in [1.807, 2.05) is 0 Å². The van der Waals surface area contributed by atoms with E-state index in [0.717, 1.165) is 0 Å². The average molecular weight is 189 g/mol. The summed E-state index contributed by atoms with van der Waals surface area (Å²) in [4.78, 5) is 0. The summed E-state index contributed by atoms with van der Waals surface area (Å²) in [5.41, 5.74) is 3.19. The van der Waals surface area contributed by atoms with Crippen molar-refractivity contribution in [3.63, 3.8) is 0 Å². The SMILES string of the molecule is CNC1(c2ccccc2C)CCCC1. The maximum absolute atomic E-state index is 3.53. The topological polar surface area (TPSA) is 12.0 Å². The summed E-state index contributed by atoms with van der Waals surface area (Å²) in [6.07, 6.45) is 5.28. The molecule has 1 aromatic carbocycles. The van der Waals surface area contributed by atoms with Gasteiger partial charge in [0.15, 0.2) is 0 Å². The van der Waals surface area contributed by atoms with Crippen LogP contribution in [0, 0.1) is 6.92 Å². The van der Waals surface area contributed by atoms with E-state index in [4.69, 9.17) is 0 Å². The van der Waals surface area contributed by atoms with Gasteiger partial charge in [-0.15, -0.1) is 0 Å². The molecule has 0 atom stereocenters. The van der Waals surface area contributed by atoms with Crippen LogP contribution in [0.25, 0.3) is 0 Å². The number of aryl methyl sites for hydroxylation is 1. The van der Waals surface area contributed by atoms with Gasteiger partial charge in [0.25, 0.3) is 0 Å². The first-order valence-corrected chi connectivity index (χ1v) is 5.53. The smallest absolute Gasteiger partial charge is 0.0434 e. The van der Waals surface area contributed by atoms with Gasteiger partial charge in [-0.3, -0.25) is 0 Å². The first kappa shape index (κ1) is 9.72. The molecule has 0 unspecified atom stereocenters. The van der Waals surface area contributed by atoms with Crippen LogP contribution in [0.15, 0.2) is 24.3 Å². The van der Waals surface area contributed by atoms with Crippen molar-refractivity contribution < 1.29 is 0 Å². The molecule has 1 fully saturated rings. The predicted molar refractivity (Wildman–Crippen MR) is 60.4 cm³/mol. The second-order valence-electron chi connectivity index (χ2n) is 4.35. The van der Waals surface area contributed by atoms with Crippen LogP contribution in [0.5, 0.6) is 0 Å². The van der Waals surface area contributed by atoms with Crippen molar-refractivity contribution in [1.82, 2.24) is 5.32 Å². The quantitative estimate of drug-likeness (QED) is 0.754. The Morgan fingerprint density at radius 2 is 1.79 bits per heavy atom. The Labute approximate surface area is 86.5 Å². The third-order valence-electron chi connectivity index (χ3n) is 3.60. The molecule has 1 aliphatic carbocycles. The van der Waals surface area contributed by atoms with Crippen molar-refractivity contribution in [1.29, 1.82) is 0 Å². The fourth-order valence-electron chi connectivity index (χ4n) is 2.74. The van der Waals surface area contributed by atoms with Crippen molar-refractivity contribution in [3.8, 4) is 0 Å². The zero-order valence-corrected chi connectivity index (χ0v) is 9.14. The fraction of sp³-hybridized carbons (Fsp3) is 0.538.